The van der Waals surface area contributed by atoms with Crippen molar-refractivity contribution in [2.75, 3.05) is 6.26 Å². The summed E-state index contributed by atoms with van der Waals surface area (Å²) in [6.07, 6.45) is 0.918. The fourth-order valence-electron chi connectivity index (χ4n) is 1.16. The number of hydrogen-bond acceptors (Lipinski definition) is 3. The van der Waals surface area contributed by atoms with Gasteiger partial charge in [0.2, 0.25) is 10.0 Å². The van der Waals surface area contributed by atoms with Crippen molar-refractivity contribution in [3.05, 3.63) is 34.3 Å². The number of carbonyl (C=O) groups is 1. The van der Waals surface area contributed by atoms with Gasteiger partial charge in [0.1, 0.15) is 6.04 Å². The van der Waals surface area contributed by atoms with Crippen LogP contribution < -0.4 is 4.72 Å². The van der Waals surface area contributed by atoms with Crippen molar-refractivity contribution in [3.63, 3.8) is 0 Å². The number of rotatable bonds is 4. The van der Waals surface area contributed by atoms with Crippen LogP contribution in [-0.4, -0.2) is 25.7 Å². The highest BCUT2D eigenvalue weighted by atomic mass is 79.9. The normalized spacial score (nSPS) is 13.4. The molecule has 2 N–H and O–H groups in total. The van der Waals surface area contributed by atoms with E-state index in [4.69, 9.17) is 5.11 Å². The first kappa shape index (κ1) is 13.1. The summed E-state index contributed by atoms with van der Waals surface area (Å²) in [5, 5.41) is 8.94. The van der Waals surface area contributed by atoms with E-state index < -0.39 is 22.0 Å². The fraction of sp³-hybridized carbons (Fsp3) is 0.222. The Morgan fingerprint density at radius 2 is 2.12 bits per heavy atom. The molecule has 7 heteroatoms. The van der Waals surface area contributed by atoms with Gasteiger partial charge in [-0.05, 0) is 17.7 Å². The molecule has 5 nitrogen and oxygen atoms in total. The minimum atomic E-state index is -3.58. The minimum absolute atomic E-state index is 0.368. The lowest BCUT2D eigenvalue weighted by Crippen LogP contribution is -2.32. The van der Waals surface area contributed by atoms with Crippen LogP contribution in [0.15, 0.2) is 28.7 Å². The summed E-state index contributed by atoms with van der Waals surface area (Å²) in [5.41, 5.74) is 0.368. The van der Waals surface area contributed by atoms with E-state index in [9.17, 15) is 13.2 Å². The van der Waals surface area contributed by atoms with Gasteiger partial charge in [-0.3, -0.25) is 4.79 Å². The molecule has 1 unspecified atom stereocenters. The van der Waals surface area contributed by atoms with Crippen molar-refractivity contribution >= 4 is 31.9 Å². The number of benzene rings is 1. The molecule has 0 aromatic heterocycles. The van der Waals surface area contributed by atoms with Crippen LogP contribution in [0.5, 0.6) is 0 Å². The first-order valence-corrected chi connectivity index (χ1v) is 6.93. The lowest BCUT2D eigenvalue weighted by Gasteiger charge is -2.13. The highest BCUT2D eigenvalue weighted by Gasteiger charge is 2.23. The summed E-state index contributed by atoms with van der Waals surface area (Å²) in [5.74, 6) is -1.25. The Bertz CT molecular complexity index is 500. The smallest absolute Gasteiger partial charge is 0.326 e. The van der Waals surface area contributed by atoms with Gasteiger partial charge in [-0.15, -0.1) is 0 Å². The monoisotopic (exact) mass is 307 g/mol. The number of aliphatic carboxylic acids is 1. The predicted molar refractivity (Wildman–Crippen MR) is 62.5 cm³/mol. The molecular formula is C9H10BrNO4S. The largest absolute Gasteiger partial charge is 0.480 e. The molecule has 0 radical (unpaired) electrons. The average molecular weight is 308 g/mol. The molecule has 16 heavy (non-hydrogen) atoms. The Kier molecular flexibility index (Phi) is 4.06. The number of hydrogen-bond donors (Lipinski definition) is 2. The summed E-state index contributed by atoms with van der Waals surface area (Å²) >= 11 is 3.19. The fourth-order valence-corrected chi connectivity index (χ4v) is 2.24. The Balaban J connectivity index is 3.08. The van der Waals surface area contributed by atoms with Gasteiger partial charge in [0.25, 0.3) is 0 Å². The van der Waals surface area contributed by atoms with Crippen LogP contribution in [0.3, 0.4) is 0 Å². The quantitative estimate of drug-likeness (QED) is 0.873. The second-order valence-electron chi connectivity index (χ2n) is 3.22. The first-order chi connectivity index (χ1) is 7.29. The Morgan fingerprint density at radius 1 is 1.50 bits per heavy atom. The van der Waals surface area contributed by atoms with Gasteiger partial charge in [0, 0.05) is 4.47 Å². The minimum Gasteiger partial charge on any atom is -0.480 e. The maximum atomic E-state index is 11.0. The SMILES string of the molecule is CS(=O)(=O)NC(C(=O)O)c1cccc(Br)c1. The molecule has 1 rings (SSSR count). The zero-order valence-electron chi connectivity index (χ0n) is 8.34. The van der Waals surface area contributed by atoms with Crippen molar-refractivity contribution in [1.82, 2.24) is 4.72 Å². The van der Waals surface area contributed by atoms with Crippen LogP contribution in [0.1, 0.15) is 11.6 Å². The lowest BCUT2D eigenvalue weighted by molar-refractivity contribution is -0.139. The highest BCUT2D eigenvalue weighted by molar-refractivity contribution is 9.10. The lowest BCUT2D eigenvalue weighted by atomic mass is 10.1. The van der Waals surface area contributed by atoms with Crippen molar-refractivity contribution < 1.29 is 18.3 Å². The van der Waals surface area contributed by atoms with E-state index in [1.807, 2.05) is 0 Å². The standard InChI is InChI=1S/C9H10BrNO4S/c1-16(14,15)11-8(9(12)13)6-3-2-4-7(10)5-6/h2-5,8,11H,1H3,(H,12,13). The molecule has 1 aromatic rings. The third kappa shape index (κ3) is 3.92. The van der Waals surface area contributed by atoms with Crippen molar-refractivity contribution in [2.45, 2.75) is 6.04 Å². The number of halogens is 1. The molecule has 1 atom stereocenters. The molecule has 0 amide bonds. The molecule has 0 aliphatic carbocycles. The van der Waals surface area contributed by atoms with E-state index in [0.717, 1.165) is 6.26 Å². The summed E-state index contributed by atoms with van der Waals surface area (Å²) in [6.45, 7) is 0. The van der Waals surface area contributed by atoms with E-state index in [1.54, 1.807) is 24.3 Å². The van der Waals surface area contributed by atoms with E-state index >= 15 is 0 Å². The van der Waals surface area contributed by atoms with Gasteiger partial charge >= 0.3 is 5.97 Å². The molecule has 0 heterocycles. The number of sulfonamides is 1. The summed E-state index contributed by atoms with van der Waals surface area (Å²) in [6, 6.07) is 5.19. The number of carboxylic acids is 1. The van der Waals surface area contributed by atoms with Crippen LogP contribution in [-0.2, 0) is 14.8 Å². The third-order valence-corrected chi connectivity index (χ3v) is 2.92. The van der Waals surface area contributed by atoms with Crippen LogP contribution >= 0.6 is 15.9 Å². The highest BCUT2D eigenvalue weighted by Crippen LogP contribution is 2.19. The molecule has 0 spiro atoms. The van der Waals surface area contributed by atoms with Crippen LogP contribution in [0.4, 0.5) is 0 Å². The first-order valence-electron chi connectivity index (χ1n) is 4.25. The zero-order chi connectivity index (χ0) is 12.3. The third-order valence-electron chi connectivity index (χ3n) is 1.76. The summed E-state index contributed by atoms with van der Waals surface area (Å²) in [4.78, 5) is 10.9. The van der Waals surface area contributed by atoms with Crippen molar-refractivity contribution in [3.8, 4) is 0 Å². The number of carboxylic acid groups (broad SMARTS) is 1. The van der Waals surface area contributed by atoms with E-state index in [2.05, 4.69) is 20.7 Å². The summed E-state index contributed by atoms with van der Waals surface area (Å²) in [7, 11) is -3.58. The second-order valence-corrected chi connectivity index (χ2v) is 5.91. The van der Waals surface area contributed by atoms with E-state index in [1.165, 1.54) is 0 Å². The molecule has 1 aromatic carbocycles. The zero-order valence-corrected chi connectivity index (χ0v) is 10.7. The molecule has 0 saturated carbocycles. The van der Waals surface area contributed by atoms with Gasteiger partial charge in [0.15, 0.2) is 0 Å². The number of nitrogens with one attached hydrogen (secondary N) is 1. The van der Waals surface area contributed by atoms with Crippen molar-refractivity contribution in [2.24, 2.45) is 0 Å². The van der Waals surface area contributed by atoms with Crippen LogP contribution in [0, 0.1) is 0 Å². The van der Waals surface area contributed by atoms with Gasteiger partial charge in [-0.25, -0.2) is 8.42 Å². The van der Waals surface area contributed by atoms with E-state index in [-0.39, 0.29) is 0 Å². The second kappa shape index (κ2) is 4.94. The predicted octanol–water partition coefficient (Wildman–Crippen LogP) is 1.12. The maximum absolute atomic E-state index is 11.0. The average Bonchev–Trinajstić information content (AvgIpc) is 2.12. The van der Waals surface area contributed by atoms with Crippen LogP contribution in [0.25, 0.3) is 0 Å². The molecular weight excluding hydrogens is 298 g/mol. The van der Waals surface area contributed by atoms with Gasteiger partial charge < -0.3 is 5.11 Å². The van der Waals surface area contributed by atoms with Crippen LogP contribution in [0.2, 0.25) is 0 Å². The Morgan fingerprint density at radius 3 is 2.56 bits per heavy atom. The molecule has 0 fully saturated rings. The Hall–Kier alpha value is -0.920. The topological polar surface area (TPSA) is 83.5 Å². The van der Waals surface area contributed by atoms with E-state index in [0.29, 0.717) is 10.0 Å². The molecule has 0 aliphatic rings. The molecule has 88 valence electrons. The molecule has 0 aliphatic heterocycles. The Labute approximate surface area is 102 Å². The molecule has 0 bridgehead atoms. The van der Waals surface area contributed by atoms with Gasteiger partial charge in [-0.1, -0.05) is 28.1 Å². The molecule has 0 saturated heterocycles. The van der Waals surface area contributed by atoms with Gasteiger partial charge in [0.05, 0.1) is 6.26 Å². The summed E-state index contributed by atoms with van der Waals surface area (Å²) < 4.78 is 24.8. The van der Waals surface area contributed by atoms with Gasteiger partial charge in [-0.2, -0.15) is 4.72 Å². The maximum Gasteiger partial charge on any atom is 0.326 e. The van der Waals surface area contributed by atoms with Crippen molar-refractivity contribution in [1.29, 1.82) is 0 Å².